The SMILES string of the molecule is C[C@@H](OC(=O)c1ccc2ccccc2c1O)C(=O)N1CCc2ccccc2C1. The molecule has 0 saturated carbocycles. The molecule has 5 heteroatoms. The quantitative estimate of drug-likeness (QED) is 0.709. The van der Waals surface area contributed by atoms with Crippen molar-refractivity contribution in [2.45, 2.75) is 26.0 Å². The van der Waals surface area contributed by atoms with Gasteiger partial charge in [-0.2, -0.15) is 0 Å². The summed E-state index contributed by atoms with van der Waals surface area (Å²) in [4.78, 5) is 27.0. The molecular formula is C23H21NO4. The number of hydrogen-bond donors (Lipinski definition) is 1. The number of benzene rings is 3. The number of phenolic OH excluding ortho intramolecular Hbond substituents is 1. The highest BCUT2D eigenvalue weighted by Gasteiger charge is 2.28. The van der Waals surface area contributed by atoms with Crippen molar-refractivity contribution in [3.8, 4) is 5.75 Å². The maximum absolute atomic E-state index is 12.8. The van der Waals surface area contributed by atoms with Crippen molar-refractivity contribution in [2.24, 2.45) is 0 Å². The lowest BCUT2D eigenvalue weighted by Crippen LogP contribution is -2.42. The largest absolute Gasteiger partial charge is 0.506 e. The van der Waals surface area contributed by atoms with Gasteiger partial charge in [0.2, 0.25) is 0 Å². The van der Waals surface area contributed by atoms with E-state index in [2.05, 4.69) is 6.07 Å². The van der Waals surface area contributed by atoms with Crippen molar-refractivity contribution in [3.05, 3.63) is 77.4 Å². The second-order valence-electron chi connectivity index (χ2n) is 7.01. The molecular weight excluding hydrogens is 354 g/mol. The van der Waals surface area contributed by atoms with E-state index in [1.165, 1.54) is 11.6 Å². The molecule has 5 nitrogen and oxygen atoms in total. The Morgan fingerprint density at radius 1 is 1.00 bits per heavy atom. The van der Waals surface area contributed by atoms with Crippen molar-refractivity contribution >= 4 is 22.6 Å². The fraction of sp³-hybridized carbons (Fsp3) is 0.217. The number of amides is 1. The summed E-state index contributed by atoms with van der Waals surface area (Å²) in [5.41, 5.74) is 2.42. The van der Waals surface area contributed by atoms with Crippen molar-refractivity contribution in [1.29, 1.82) is 0 Å². The van der Waals surface area contributed by atoms with E-state index in [1.54, 1.807) is 30.0 Å². The monoisotopic (exact) mass is 375 g/mol. The topological polar surface area (TPSA) is 66.8 Å². The molecule has 3 aromatic rings. The first kappa shape index (κ1) is 18.0. The van der Waals surface area contributed by atoms with E-state index < -0.39 is 12.1 Å². The van der Waals surface area contributed by atoms with Crippen LogP contribution in [0.3, 0.4) is 0 Å². The highest BCUT2D eigenvalue weighted by Crippen LogP contribution is 2.29. The van der Waals surface area contributed by atoms with E-state index in [4.69, 9.17) is 4.74 Å². The van der Waals surface area contributed by atoms with E-state index in [0.717, 1.165) is 17.4 Å². The van der Waals surface area contributed by atoms with Crippen molar-refractivity contribution in [1.82, 2.24) is 4.90 Å². The Kier molecular flexibility index (Phi) is 4.74. The molecule has 0 aliphatic carbocycles. The standard InChI is InChI=1S/C23H21NO4/c1-15(22(26)24-13-12-16-6-2-3-8-18(16)14-24)28-23(27)20-11-10-17-7-4-5-9-19(17)21(20)25/h2-11,15,25H,12-14H2,1H3/t15-/m1/s1. The van der Waals surface area contributed by atoms with Gasteiger partial charge < -0.3 is 14.7 Å². The summed E-state index contributed by atoms with van der Waals surface area (Å²) in [6, 6.07) is 18.5. The third-order valence-corrected chi connectivity index (χ3v) is 5.19. The van der Waals surface area contributed by atoms with E-state index >= 15 is 0 Å². The van der Waals surface area contributed by atoms with Crippen LogP contribution in [0.1, 0.15) is 28.4 Å². The number of hydrogen-bond acceptors (Lipinski definition) is 4. The van der Waals surface area contributed by atoms with Crippen LogP contribution >= 0.6 is 0 Å². The van der Waals surface area contributed by atoms with E-state index in [0.29, 0.717) is 18.5 Å². The average molecular weight is 375 g/mol. The highest BCUT2D eigenvalue weighted by molar-refractivity contribution is 6.01. The molecule has 1 aliphatic rings. The zero-order valence-electron chi connectivity index (χ0n) is 15.6. The maximum atomic E-state index is 12.8. The molecule has 1 heterocycles. The lowest BCUT2D eigenvalue weighted by Gasteiger charge is -2.30. The molecule has 3 aromatic carbocycles. The van der Waals surface area contributed by atoms with Crippen LogP contribution in [0.5, 0.6) is 5.75 Å². The maximum Gasteiger partial charge on any atom is 0.342 e. The van der Waals surface area contributed by atoms with Gasteiger partial charge >= 0.3 is 5.97 Å². The van der Waals surface area contributed by atoms with Crippen molar-refractivity contribution in [3.63, 3.8) is 0 Å². The molecule has 142 valence electrons. The summed E-state index contributed by atoms with van der Waals surface area (Å²) in [5.74, 6) is -1.07. The Bertz CT molecular complexity index is 1060. The predicted octanol–water partition coefficient (Wildman–Crippen LogP) is 3.68. The molecule has 0 radical (unpaired) electrons. The first-order valence-electron chi connectivity index (χ1n) is 9.32. The van der Waals surface area contributed by atoms with Crippen LogP contribution in [0.15, 0.2) is 60.7 Å². The number of rotatable bonds is 3. The first-order chi connectivity index (χ1) is 13.5. The Labute approximate surface area is 163 Å². The fourth-order valence-corrected chi connectivity index (χ4v) is 3.64. The van der Waals surface area contributed by atoms with Gasteiger partial charge in [-0.1, -0.05) is 54.6 Å². The van der Waals surface area contributed by atoms with Crippen molar-refractivity contribution in [2.75, 3.05) is 6.54 Å². The molecule has 0 bridgehead atoms. The van der Waals surface area contributed by atoms with Crippen LogP contribution in [-0.4, -0.2) is 34.5 Å². The number of aromatic hydroxyl groups is 1. The molecule has 1 N–H and O–H groups in total. The Morgan fingerprint density at radius 2 is 1.71 bits per heavy atom. The van der Waals surface area contributed by atoms with Gasteiger partial charge in [-0.3, -0.25) is 4.79 Å². The molecule has 28 heavy (non-hydrogen) atoms. The third-order valence-electron chi connectivity index (χ3n) is 5.19. The van der Waals surface area contributed by atoms with Gasteiger partial charge in [0, 0.05) is 18.5 Å². The Morgan fingerprint density at radius 3 is 2.54 bits per heavy atom. The first-order valence-corrected chi connectivity index (χ1v) is 9.32. The Hall–Kier alpha value is -3.34. The molecule has 1 aliphatic heterocycles. The summed E-state index contributed by atoms with van der Waals surface area (Å²) in [7, 11) is 0. The smallest absolute Gasteiger partial charge is 0.342 e. The summed E-state index contributed by atoms with van der Waals surface area (Å²) in [6.07, 6.45) is -0.141. The fourth-order valence-electron chi connectivity index (χ4n) is 3.64. The van der Waals surface area contributed by atoms with Crippen LogP contribution in [0, 0.1) is 0 Å². The Balaban J connectivity index is 1.48. The minimum Gasteiger partial charge on any atom is -0.506 e. The molecule has 1 atom stereocenters. The minimum absolute atomic E-state index is 0.0577. The summed E-state index contributed by atoms with van der Waals surface area (Å²) in [6.45, 7) is 2.68. The van der Waals surface area contributed by atoms with Crippen LogP contribution in [0.2, 0.25) is 0 Å². The normalized spacial score (nSPS) is 14.4. The third kappa shape index (κ3) is 3.31. The van der Waals surface area contributed by atoms with Gasteiger partial charge in [-0.05, 0) is 35.9 Å². The van der Waals surface area contributed by atoms with Gasteiger partial charge in [-0.25, -0.2) is 4.79 Å². The van der Waals surface area contributed by atoms with Crippen LogP contribution < -0.4 is 0 Å². The number of carbonyl (C=O) groups is 2. The zero-order chi connectivity index (χ0) is 19.7. The van der Waals surface area contributed by atoms with Gasteiger partial charge in [0.25, 0.3) is 5.91 Å². The molecule has 0 spiro atoms. The molecule has 1 amide bonds. The average Bonchev–Trinajstić information content (AvgIpc) is 2.73. The summed E-state index contributed by atoms with van der Waals surface area (Å²) in [5, 5.41) is 11.8. The number of nitrogens with zero attached hydrogens (tertiary/aromatic N) is 1. The van der Waals surface area contributed by atoms with Gasteiger partial charge in [0.05, 0.1) is 0 Å². The molecule has 0 unspecified atom stereocenters. The molecule has 4 rings (SSSR count). The number of ether oxygens (including phenoxy) is 1. The number of fused-ring (bicyclic) bond motifs is 2. The zero-order valence-corrected chi connectivity index (χ0v) is 15.6. The molecule has 0 fully saturated rings. The predicted molar refractivity (Wildman–Crippen MR) is 106 cm³/mol. The van der Waals surface area contributed by atoms with Gasteiger partial charge in [0.1, 0.15) is 11.3 Å². The molecule has 0 aromatic heterocycles. The second kappa shape index (κ2) is 7.35. The van der Waals surface area contributed by atoms with Crippen LogP contribution in [0.4, 0.5) is 0 Å². The lowest BCUT2D eigenvalue weighted by molar-refractivity contribution is -0.140. The number of phenols is 1. The van der Waals surface area contributed by atoms with E-state index in [9.17, 15) is 14.7 Å². The van der Waals surface area contributed by atoms with Crippen LogP contribution in [-0.2, 0) is 22.5 Å². The van der Waals surface area contributed by atoms with E-state index in [1.807, 2.05) is 30.3 Å². The van der Waals surface area contributed by atoms with Crippen molar-refractivity contribution < 1.29 is 19.4 Å². The highest BCUT2D eigenvalue weighted by atomic mass is 16.5. The number of esters is 1. The second-order valence-corrected chi connectivity index (χ2v) is 7.01. The molecule has 0 saturated heterocycles. The number of carbonyl (C=O) groups excluding carboxylic acids is 2. The van der Waals surface area contributed by atoms with E-state index in [-0.39, 0.29) is 17.2 Å². The lowest BCUT2D eigenvalue weighted by atomic mass is 9.99. The minimum atomic E-state index is -0.927. The van der Waals surface area contributed by atoms with Gasteiger partial charge in [0.15, 0.2) is 6.10 Å². The summed E-state index contributed by atoms with van der Waals surface area (Å²) < 4.78 is 5.38. The van der Waals surface area contributed by atoms with Gasteiger partial charge in [-0.15, -0.1) is 0 Å². The summed E-state index contributed by atoms with van der Waals surface area (Å²) >= 11 is 0. The van der Waals surface area contributed by atoms with Crippen LogP contribution in [0.25, 0.3) is 10.8 Å².